The molecule has 0 fully saturated rings. The molecule has 0 bridgehead atoms. The molecule has 106 valence electrons. The Hall–Kier alpha value is -1.98. The molecule has 5 nitrogen and oxygen atoms in total. The maximum atomic E-state index is 12.1. The Kier molecular flexibility index (Phi) is 5.46. The average molecular weight is 274 g/mol. The fourth-order valence-electron chi connectivity index (χ4n) is 1.94. The summed E-state index contributed by atoms with van der Waals surface area (Å²) in [5.41, 5.74) is 0.583. The molecule has 0 saturated heterocycles. The van der Waals surface area contributed by atoms with Crippen LogP contribution in [0.5, 0.6) is 0 Å². The van der Waals surface area contributed by atoms with E-state index in [1.165, 1.54) is 0 Å². The van der Waals surface area contributed by atoms with Gasteiger partial charge in [-0.1, -0.05) is 24.3 Å². The second-order valence-corrected chi connectivity index (χ2v) is 4.35. The van der Waals surface area contributed by atoms with Crippen molar-refractivity contribution >= 4 is 16.7 Å². The van der Waals surface area contributed by atoms with Gasteiger partial charge in [-0.3, -0.25) is 9.78 Å². The number of ether oxygens (including phenoxy) is 1. The second kappa shape index (κ2) is 7.57. The van der Waals surface area contributed by atoms with Crippen molar-refractivity contribution in [1.82, 2.24) is 10.3 Å². The molecule has 2 aromatic rings. The summed E-state index contributed by atoms with van der Waals surface area (Å²) in [7, 11) is 0. The van der Waals surface area contributed by atoms with Gasteiger partial charge in [0.15, 0.2) is 0 Å². The van der Waals surface area contributed by atoms with Crippen LogP contribution in [-0.4, -0.2) is 42.4 Å². The molecule has 1 aromatic carbocycles. The first-order chi connectivity index (χ1) is 9.83. The molecule has 0 radical (unpaired) electrons. The first kappa shape index (κ1) is 14.4. The molecule has 0 atom stereocenters. The maximum Gasteiger partial charge on any atom is 0.253 e. The van der Waals surface area contributed by atoms with Crippen LogP contribution in [0.25, 0.3) is 10.8 Å². The number of rotatable bonds is 7. The van der Waals surface area contributed by atoms with Crippen LogP contribution in [0.4, 0.5) is 0 Å². The molecule has 1 heterocycles. The van der Waals surface area contributed by atoms with Gasteiger partial charge >= 0.3 is 0 Å². The number of nitrogens with zero attached hydrogens (tertiary/aromatic N) is 1. The van der Waals surface area contributed by atoms with Crippen molar-refractivity contribution in [2.24, 2.45) is 0 Å². The summed E-state index contributed by atoms with van der Waals surface area (Å²) < 4.78 is 5.13. The molecule has 2 N–H and O–H groups in total. The summed E-state index contributed by atoms with van der Waals surface area (Å²) >= 11 is 0. The number of carbonyl (C=O) groups excluding carboxylic acids is 1. The van der Waals surface area contributed by atoms with Gasteiger partial charge in [0.1, 0.15) is 0 Å². The van der Waals surface area contributed by atoms with E-state index in [1.807, 2.05) is 24.3 Å². The number of pyridine rings is 1. The summed E-state index contributed by atoms with van der Waals surface area (Å²) in [5, 5.41) is 13.3. The number of hydrogen-bond acceptors (Lipinski definition) is 4. The number of benzene rings is 1. The van der Waals surface area contributed by atoms with E-state index in [9.17, 15) is 4.79 Å². The van der Waals surface area contributed by atoms with Gasteiger partial charge < -0.3 is 15.2 Å². The molecular weight excluding hydrogens is 256 g/mol. The molecule has 0 aliphatic heterocycles. The monoisotopic (exact) mass is 274 g/mol. The predicted molar refractivity (Wildman–Crippen MR) is 76.6 cm³/mol. The van der Waals surface area contributed by atoms with Crippen LogP contribution in [0.3, 0.4) is 0 Å². The minimum absolute atomic E-state index is 0.0219. The van der Waals surface area contributed by atoms with Gasteiger partial charge in [-0.05, 0) is 11.8 Å². The van der Waals surface area contributed by atoms with E-state index in [0.29, 0.717) is 31.7 Å². The SMILES string of the molecule is O=C(NCCCOCCO)c1cncc2ccccc12. The zero-order chi connectivity index (χ0) is 14.2. The van der Waals surface area contributed by atoms with E-state index in [0.717, 1.165) is 10.8 Å². The minimum Gasteiger partial charge on any atom is -0.394 e. The first-order valence-electron chi connectivity index (χ1n) is 6.62. The Morgan fingerprint density at radius 2 is 2.10 bits per heavy atom. The van der Waals surface area contributed by atoms with Gasteiger partial charge in [0, 0.05) is 30.9 Å². The maximum absolute atomic E-state index is 12.1. The molecule has 5 heteroatoms. The highest BCUT2D eigenvalue weighted by Crippen LogP contribution is 2.16. The van der Waals surface area contributed by atoms with E-state index in [4.69, 9.17) is 9.84 Å². The molecule has 1 aromatic heterocycles. The van der Waals surface area contributed by atoms with Crippen LogP contribution in [0.15, 0.2) is 36.7 Å². The molecule has 20 heavy (non-hydrogen) atoms. The molecular formula is C15H18N2O3. The number of carbonyl (C=O) groups is 1. The molecule has 0 aliphatic carbocycles. The highest BCUT2D eigenvalue weighted by Gasteiger charge is 2.09. The molecule has 1 amide bonds. The Balaban J connectivity index is 1.91. The first-order valence-corrected chi connectivity index (χ1v) is 6.62. The summed E-state index contributed by atoms with van der Waals surface area (Å²) in [6, 6.07) is 7.67. The highest BCUT2D eigenvalue weighted by atomic mass is 16.5. The van der Waals surface area contributed by atoms with E-state index >= 15 is 0 Å². The summed E-state index contributed by atoms with van der Waals surface area (Å²) in [5.74, 6) is -0.128. The van der Waals surface area contributed by atoms with Crippen LogP contribution in [0.2, 0.25) is 0 Å². The summed E-state index contributed by atoms with van der Waals surface area (Å²) in [6.07, 6.45) is 4.04. The van der Waals surface area contributed by atoms with Crippen LogP contribution >= 0.6 is 0 Å². The van der Waals surface area contributed by atoms with Gasteiger partial charge in [0.2, 0.25) is 0 Å². The van der Waals surface area contributed by atoms with Crippen LogP contribution < -0.4 is 5.32 Å². The van der Waals surface area contributed by atoms with Crippen LogP contribution in [0.1, 0.15) is 16.8 Å². The van der Waals surface area contributed by atoms with Crippen molar-refractivity contribution in [3.8, 4) is 0 Å². The van der Waals surface area contributed by atoms with E-state index < -0.39 is 0 Å². The zero-order valence-corrected chi connectivity index (χ0v) is 11.2. The Morgan fingerprint density at radius 1 is 1.25 bits per heavy atom. The highest BCUT2D eigenvalue weighted by molar-refractivity contribution is 6.06. The lowest BCUT2D eigenvalue weighted by atomic mass is 10.1. The Labute approximate surface area is 117 Å². The molecule has 0 spiro atoms. The number of fused-ring (bicyclic) bond motifs is 1. The van der Waals surface area contributed by atoms with Gasteiger partial charge in [-0.15, -0.1) is 0 Å². The number of aromatic nitrogens is 1. The van der Waals surface area contributed by atoms with Gasteiger partial charge in [0.25, 0.3) is 5.91 Å². The number of hydrogen-bond donors (Lipinski definition) is 2. The lowest BCUT2D eigenvalue weighted by Gasteiger charge is -2.07. The third-order valence-corrected chi connectivity index (χ3v) is 2.90. The Bertz CT molecular complexity index is 567. The number of aliphatic hydroxyl groups excluding tert-OH is 1. The van der Waals surface area contributed by atoms with Crippen molar-refractivity contribution < 1.29 is 14.6 Å². The smallest absolute Gasteiger partial charge is 0.253 e. The van der Waals surface area contributed by atoms with E-state index in [1.54, 1.807) is 12.4 Å². The molecule has 0 saturated carbocycles. The van der Waals surface area contributed by atoms with Crippen molar-refractivity contribution in [3.63, 3.8) is 0 Å². The van der Waals surface area contributed by atoms with Crippen molar-refractivity contribution in [1.29, 1.82) is 0 Å². The quantitative estimate of drug-likeness (QED) is 0.748. The van der Waals surface area contributed by atoms with Crippen LogP contribution in [0, 0.1) is 0 Å². The van der Waals surface area contributed by atoms with Crippen molar-refractivity contribution in [2.45, 2.75) is 6.42 Å². The number of nitrogens with one attached hydrogen (secondary N) is 1. The van der Waals surface area contributed by atoms with Gasteiger partial charge in [0.05, 0.1) is 18.8 Å². The van der Waals surface area contributed by atoms with E-state index in [-0.39, 0.29) is 12.5 Å². The number of aliphatic hydroxyl groups is 1. The number of amides is 1. The molecule has 0 unspecified atom stereocenters. The summed E-state index contributed by atoms with van der Waals surface area (Å²) in [6.45, 7) is 1.41. The topological polar surface area (TPSA) is 71.5 Å². The van der Waals surface area contributed by atoms with Gasteiger partial charge in [-0.25, -0.2) is 0 Å². The normalized spacial score (nSPS) is 10.7. The zero-order valence-electron chi connectivity index (χ0n) is 11.2. The molecule has 2 rings (SSSR count). The fraction of sp³-hybridized carbons (Fsp3) is 0.333. The largest absolute Gasteiger partial charge is 0.394 e. The summed E-state index contributed by atoms with van der Waals surface area (Å²) in [4.78, 5) is 16.2. The van der Waals surface area contributed by atoms with E-state index in [2.05, 4.69) is 10.3 Å². The Morgan fingerprint density at radius 3 is 2.95 bits per heavy atom. The lowest BCUT2D eigenvalue weighted by molar-refractivity contribution is 0.0868. The van der Waals surface area contributed by atoms with Crippen molar-refractivity contribution in [3.05, 3.63) is 42.2 Å². The molecule has 0 aliphatic rings. The predicted octanol–water partition coefficient (Wildman–Crippen LogP) is 1.36. The van der Waals surface area contributed by atoms with Crippen LogP contribution in [-0.2, 0) is 4.74 Å². The van der Waals surface area contributed by atoms with Gasteiger partial charge in [-0.2, -0.15) is 0 Å². The average Bonchev–Trinajstić information content (AvgIpc) is 2.50. The fourth-order valence-corrected chi connectivity index (χ4v) is 1.94. The second-order valence-electron chi connectivity index (χ2n) is 4.35. The lowest BCUT2D eigenvalue weighted by Crippen LogP contribution is -2.25. The standard InChI is InChI=1S/C15H18N2O3/c18-7-9-20-8-3-6-17-15(19)14-11-16-10-12-4-1-2-5-13(12)14/h1-2,4-5,10-11,18H,3,6-9H2,(H,17,19). The van der Waals surface area contributed by atoms with Crippen molar-refractivity contribution in [2.75, 3.05) is 26.4 Å². The third kappa shape index (κ3) is 3.76. The third-order valence-electron chi connectivity index (χ3n) is 2.90. The minimum atomic E-state index is -0.128.